The Morgan fingerprint density at radius 2 is 2.33 bits per heavy atom. The minimum absolute atomic E-state index is 0.619. The van der Waals surface area contributed by atoms with Gasteiger partial charge in [-0.1, -0.05) is 6.58 Å². The second-order valence-electron chi connectivity index (χ2n) is 4.15. The zero-order valence-electron chi connectivity index (χ0n) is 7.43. The highest BCUT2D eigenvalue weighted by Gasteiger charge is 2.37. The van der Waals surface area contributed by atoms with Gasteiger partial charge in [-0.3, -0.25) is 4.90 Å². The maximum Gasteiger partial charge on any atom is 0.0443 e. The van der Waals surface area contributed by atoms with Gasteiger partial charge in [0.05, 0.1) is 0 Å². The van der Waals surface area contributed by atoms with E-state index < -0.39 is 0 Å². The Morgan fingerprint density at radius 1 is 1.50 bits per heavy atom. The van der Waals surface area contributed by atoms with Gasteiger partial charge in [0.15, 0.2) is 0 Å². The van der Waals surface area contributed by atoms with E-state index in [0.717, 1.165) is 18.5 Å². The predicted octanol–water partition coefficient (Wildman–Crippen LogP) is 2.27. The SMILES string of the molecule is C=C(CCl)CN1CC2CCC1C2. The van der Waals surface area contributed by atoms with Crippen LogP contribution in [0.5, 0.6) is 0 Å². The van der Waals surface area contributed by atoms with Gasteiger partial charge in [0, 0.05) is 25.0 Å². The van der Waals surface area contributed by atoms with Crippen LogP contribution in [-0.4, -0.2) is 29.9 Å². The van der Waals surface area contributed by atoms with Gasteiger partial charge in [-0.15, -0.1) is 11.6 Å². The first kappa shape index (κ1) is 8.58. The Balaban J connectivity index is 1.86. The van der Waals surface area contributed by atoms with Crippen molar-refractivity contribution in [2.75, 3.05) is 19.0 Å². The Labute approximate surface area is 79.4 Å². The Bertz CT molecular complexity index is 190. The van der Waals surface area contributed by atoms with Gasteiger partial charge in [-0.2, -0.15) is 0 Å². The lowest BCUT2D eigenvalue weighted by Crippen LogP contribution is -2.33. The van der Waals surface area contributed by atoms with E-state index in [-0.39, 0.29) is 0 Å². The quantitative estimate of drug-likeness (QED) is 0.482. The van der Waals surface area contributed by atoms with Crippen molar-refractivity contribution in [1.82, 2.24) is 4.90 Å². The van der Waals surface area contributed by atoms with Crippen LogP contribution in [0.25, 0.3) is 0 Å². The van der Waals surface area contributed by atoms with Gasteiger partial charge in [0.1, 0.15) is 0 Å². The summed E-state index contributed by atoms with van der Waals surface area (Å²) in [5.74, 6) is 1.60. The topological polar surface area (TPSA) is 3.24 Å². The van der Waals surface area contributed by atoms with Gasteiger partial charge < -0.3 is 0 Å². The zero-order valence-corrected chi connectivity index (χ0v) is 8.19. The van der Waals surface area contributed by atoms with Gasteiger partial charge in [-0.25, -0.2) is 0 Å². The molecule has 1 saturated carbocycles. The third-order valence-corrected chi connectivity index (χ3v) is 3.52. The van der Waals surface area contributed by atoms with Crippen LogP contribution >= 0.6 is 11.6 Å². The van der Waals surface area contributed by atoms with Gasteiger partial charge >= 0.3 is 0 Å². The van der Waals surface area contributed by atoms with E-state index in [1.54, 1.807) is 0 Å². The average Bonchev–Trinajstić information content (AvgIpc) is 2.64. The molecule has 2 fully saturated rings. The highest BCUT2D eigenvalue weighted by atomic mass is 35.5. The van der Waals surface area contributed by atoms with E-state index in [9.17, 15) is 0 Å². The lowest BCUT2D eigenvalue weighted by molar-refractivity contribution is 0.231. The minimum atomic E-state index is 0.619. The zero-order chi connectivity index (χ0) is 8.55. The summed E-state index contributed by atoms with van der Waals surface area (Å²) in [4.78, 5) is 2.55. The van der Waals surface area contributed by atoms with E-state index in [4.69, 9.17) is 11.6 Å². The van der Waals surface area contributed by atoms with Crippen LogP contribution in [0.3, 0.4) is 0 Å². The number of halogens is 1. The number of fused-ring (bicyclic) bond motifs is 2. The molecule has 2 heteroatoms. The number of hydrogen-bond acceptors (Lipinski definition) is 1. The molecule has 2 rings (SSSR count). The third kappa shape index (κ3) is 1.53. The maximum atomic E-state index is 5.71. The normalized spacial score (nSPS) is 34.4. The molecule has 1 aliphatic carbocycles. The molecule has 1 heterocycles. The molecule has 2 aliphatic rings. The molecule has 0 N–H and O–H groups in total. The average molecular weight is 186 g/mol. The summed E-state index contributed by atoms with van der Waals surface area (Å²) in [6.45, 7) is 6.27. The monoisotopic (exact) mass is 185 g/mol. The van der Waals surface area contributed by atoms with Gasteiger partial charge in [0.25, 0.3) is 0 Å². The summed E-state index contributed by atoms with van der Waals surface area (Å²) in [6, 6.07) is 0.856. The van der Waals surface area contributed by atoms with E-state index >= 15 is 0 Å². The van der Waals surface area contributed by atoms with E-state index in [1.807, 2.05) is 0 Å². The van der Waals surface area contributed by atoms with Crippen LogP contribution < -0.4 is 0 Å². The van der Waals surface area contributed by atoms with Crippen molar-refractivity contribution in [2.45, 2.75) is 25.3 Å². The molecule has 0 spiro atoms. The highest BCUT2D eigenvalue weighted by molar-refractivity contribution is 6.19. The standard InChI is InChI=1S/C10H16ClN/c1-8(5-11)6-12-7-9-2-3-10(12)4-9/h9-10H,1-7H2. The van der Waals surface area contributed by atoms with Gasteiger partial charge in [0.2, 0.25) is 0 Å². The second kappa shape index (κ2) is 3.39. The summed E-state index contributed by atoms with van der Waals surface area (Å²) in [5.41, 5.74) is 1.17. The van der Waals surface area contributed by atoms with Crippen molar-refractivity contribution in [2.24, 2.45) is 5.92 Å². The molecule has 0 amide bonds. The summed E-state index contributed by atoms with van der Waals surface area (Å²) >= 11 is 5.71. The summed E-state index contributed by atoms with van der Waals surface area (Å²) in [7, 11) is 0. The number of piperidine rings is 1. The molecule has 0 aromatic heterocycles. The molecule has 1 saturated heterocycles. The smallest absolute Gasteiger partial charge is 0.0443 e. The van der Waals surface area contributed by atoms with Gasteiger partial charge in [-0.05, 0) is 30.8 Å². The molecule has 0 aromatic rings. The fourth-order valence-corrected chi connectivity index (χ4v) is 2.63. The molecule has 1 aliphatic heterocycles. The molecule has 12 heavy (non-hydrogen) atoms. The molecule has 2 unspecified atom stereocenters. The molecular formula is C10H16ClN. The predicted molar refractivity (Wildman–Crippen MR) is 52.6 cm³/mol. The second-order valence-corrected chi connectivity index (χ2v) is 4.41. The van der Waals surface area contributed by atoms with Crippen LogP contribution in [0.15, 0.2) is 12.2 Å². The van der Waals surface area contributed by atoms with E-state index in [0.29, 0.717) is 5.88 Å². The summed E-state index contributed by atoms with van der Waals surface area (Å²) < 4.78 is 0. The van der Waals surface area contributed by atoms with Crippen LogP contribution in [0, 0.1) is 5.92 Å². The Morgan fingerprint density at radius 3 is 2.83 bits per heavy atom. The molecule has 2 bridgehead atoms. The molecule has 0 aromatic carbocycles. The largest absolute Gasteiger partial charge is 0.296 e. The van der Waals surface area contributed by atoms with Crippen molar-refractivity contribution in [3.63, 3.8) is 0 Å². The maximum absolute atomic E-state index is 5.71. The number of nitrogens with zero attached hydrogens (tertiary/aromatic N) is 1. The fraction of sp³-hybridized carbons (Fsp3) is 0.800. The van der Waals surface area contributed by atoms with Crippen molar-refractivity contribution in [1.29, 1.82) is 0 Å². The van der Waals surface area contributed by atoms with E-state index in [2.05, 4.69) is 11.5 Å². The molecule has 2 atom stereocenters. The van der Waals surface area contributed by atoms with Crippen molar-refractivity contribution >= 4 is 11.6 Å². The minimum Gasteiger partial charge on any atom is -0.296 e. The van der Waals surface area contributed by atoms with E-state index in [1.165, 1.54) is 31.4 Å². The molecule has 68 valence electrons. The fourth-order valence-electron chi connectivity index (χ4n) is 2.55. The first-order chi connectivity index (χ1) is 5.79. The Kier molecular flexibility index (Phi) is 2.42. The number of likely N-dealkylation sites (tertiary alicyclic amines) is 1. The first-order valence-corrected chi connectivity index (χ1v) is 5.29. The molecule has 0 radical (unpaired) electrons. The van der Waals surface area contributed by atoms with Crippen molar-refractivity contribution < 1.29 is 0 Å². The first-order valence-electron chi connectivity index (χ1n) is 4.76. The number of alkyl halides is 1. The summed E-state index contributed by atoms with van der Waals surface area (Å²) in [5, 5.41) is 0. The summed E-state index contributed by atoms with van der Waals surface area (Å²) in [6.07, 6.45) is 4.28. The van der Waals surface area contributed by atoms with Crippen molar-refractivity contribution in [3.05, 3.63) is 12.2 Å². The number of rotatable bonds is 3. The Hall–Kier alpha value is -0.0100. The lowest BCUT2D eigenvalue weighted by atomic mass is 10.1. The molecule has 1 nitrogen and oxygen atoms in total. The van der Waals surface area contributed by atoms with Crippen LogP contribution in [0.2, 0.25) is 0 Å². The third-order valence-electron chi connectivity index (χ3n) is 3.14. The van der Waals surface area contributed by atoms with Crippen molar-refractivity contribution in [3.8, 4) is 0 Å². The number of hydrogen-bond donors (Lipinski definition) is 0. The highest BCUT2D eigenvalue weighted by Crippen LogP contribution is 2.37. The van der Waals surface area contributed by atoms with Crippen LogP contribution in [0.1, 0.15) is 19.3 Å². The molecular weight excluding hydrogens is 170 g/mol. The van der Waals surface area contributed by atoms with Crippen LogP contribution in [0.4, 0.5) is 0 Å². The lowest BCUT2D eigenvalue weighted by Gasteiger charge is -2.26. The van der Waals surface area contributed by atoms with Crippen LogP contribution in [-0.2, 0) is 0 Å².